The van der Waals surface area contributed by atoms with E-state index in [1.165, 1.54) is 0 Å². The Morgan fingerprint density at radius 1 is 1.25 bits per heavy atom. The Balaban J connectivity index is 2.95. The SMILES string of the molecule is CCC(CO)NC(CC)C(O)c1cc(C)ccc1OC. The Morgan fingerprint density at radius 2 is 1.95 bits per heavy atom. The molecular formula is C16H27NO3. The van der Waals surface area contributed by atoms with Crippen LogP contribution in [0.2, 0.25) is 0 Å². The van der Waals surface area contributed by atoms with Gasteiger partial charge < -0.3 is 20.3 Å². The third-order valence-corrected chi connectivity index (χ3v) is 3.69. The highest BCUT2D eigenvalue weighted by Crippen LogP contribution is 2.29. The molecule has 4 heteroatoms. The maximum Gasteiger partial charge on any atom is 0.124 e. The van der Waals surface area contributed by atoms with Crippen molar-refractivity contribution in [2.45, 2.75) is 51.8 Å². The smallest absolute Gasteiger partial charge is 0.124 e. The molecule has 0 aliphatic rings. The molecule has 3 N–H and O–H groups in total. The largest absolute Gasteiger partial charge is 0.496 e. The van der Waals surface area contributed by atoms with E-state index in [1.807, 2.05) is 39.0 Å². The van der Waals surface area contributed by atoms with E-state index in [0.717, 1.165) is 24.0 Å². The molecule has 3 unspecified atom stereocenters. The van der Waals surface area contributed by atoms with Crippen LogP contribution in [-0.4, -0.2) is 36.0 Å². The van der Waals surface area contributed by atoms with Crippen molar-refractivity contribution in [3.63, 3.8) is 0 Å². The van der Waals surface area contributed by atoms with Gasteiger partial charge in [-0.05, 0) is 31.9 Å². The molecule has 4 nitrogen and oxygen atoms in total. The topological polar surface area (TPSA) is 61.7 Å². The molecule has 0 aromatic heterocycles. The first-order chi connectivity index (χ1) is 9.57. The van der Waals surface area contributed by atoms with Gasteiger partial charge in [0, 0.05) is 17.6 Å². The van der Waals surface area contributed by atoms with E-state index in [2.05, 4.69) is 5.32 Å². The lowest BCUT2D eigenvalue weighted by molar-refractivity contribution is 0.106. The summed E-state index contributed by atoms with van der Waals surface area (Å²) >= 11 is 0. The highest BCUT2D eigenvalue weighted by molar-refractivity contribution is 5.39. The van der Waals surface area contributed by atoms with Crippen LogP contribution >= 0.6 is 0 Å². The number of methoxy groups -OCH3 is 1. The first kappa shape index (κ1) is 17.0. The number of hydrogen-bond donors (Lipinski definition) is 3. The van der Waals surface area contributed by atoms with Crippen LogP contribution in [0.1, 0.15) is 43.9 Å². The fourth-order valence-corrected chi connectivity index (χ4v) is 2.34. The van der Waals surface area contributed by atoms with Crippen LogP contribution < -0.4 is 10.1 Å². The van der Waals surface area contributed by atoms with Crippen LogP contribution in [0.25, 0.3) is 0 Å². The van der Waals surface area contributed by atoms with Crippen molar-refractivity contribution < 1.29 is 14.9 Å². The second-order valence-electron chi connectivity index (χ2n) is 5.16. The molecule has 0 saturated heterocycles. The zero-order valence-corrected chi connectivity index (χ0v) is 12.9. The lowest BCUT2D eigenvalue weighted by atomic mass is 9.97. The predicted molar refractivity (Wildman–Crippen MR) is 81.1 cm³/mol. The molecule has 20 heavy (non-hydrogen) atoms. The van der Waals surface area contributed by atoms with Crippen LogP contribution in [-0.2, 0) is 0 Å². The molecule has 0 aliphatic carbocycles. The summed E-state index contributed by atoms with van der Waals surface area (Å²) in [7, 11) is 1.61. The van der Waals surface area contributed by atoms with Gasteiger partial charge >= 0.3 is 0 Å². The molecule has 1 rings (SSSR count). The number of rotatable bonds is 8. The molecule has 0 amide bonds. The second-order valence-corrected chi connectivity index (χ2v) is 5.16. The first-order valence-electron chi connectivity index (χ1n) is 7.26. The normalized spacial score (nSPS) is 15.7. The highest BCUT2D eigenvalue weighted by atomic mass is 16.5. The van der Waals surface area contributed by atoms with Crippen LogP contribution in [0.3, 0.4) is 0 Å². The third kappa shape index (κ3) is 4.20. The monoisotopic (exact) mass is 281 g/mol. The van der Waals surface area contributed by atoms with Crippen LogP contribution in [0.15, 0.2) is 18.2 Å². The number of benzene rings is 1. The molecule has 1 aromatic carbocycles. The fraction of sp³-hybridized carbons (Fsp3) is 0.625. The summed E-state index contributed by atoms with van der Waals surface area (Å²) in [6, 6.07) is 5.69. The molecule has 0 bridgehead atoms. The molecular weight excluding hydrogens is 254 g/mol. The van der Waals surface area contributed by atoms with E-state index in [4.69, 9.17) is 4.74 Å². The maximum atomic E-state index is 10.6. The van der Waals surface area contributed by atoms with Gasteiger partial charge in [-0.3, -0.25) is 0 Å². The molecule has 114 valence electrons. The van der Waals surface area contributed by atoms with Crippen LogP contribution in [0, 0.1) is 6.92 Å². The minimum Gasteiger partial charge on any atom is -0.496 e. The van der Waals surface area contributed by atoms with Crippen molar-refractivity contribution in [3.05, 3.63) is 29.3 Å². The molecule has 0 spiro atoms. The standard InChI is InChI=1S/C16H27NO3/c1-5-12(10-18)17-14(6-2)16(19)13-9-11(3)7-8-15(13)20-4/h7-9,12,14,16-19H,5-6,10H2,1-4H3. The second kappa shape index (κ2) is 8.25. The lowest BCUT2D eigenvalue weighted by Gasteiger charge is -2.28. The molecule has 0 radical (unpaired) electrons. The Kier molecular flexibility index (Phi) is 6.99. The summed E-state index contributed by atoms with van der Waals surface area (Å²) in [6.45, 7) is 6.10. The summed E-state index contributed by atoms with van der Waals surface area (Å²) in [5, 5.41) is 23.2. The van der Waals surface area contributed by atoms with Crippen molar-refractivity contribution in [3.8, 4) is 5.75 Å². The van der Waals surface area contributed by atoms with E-state index in [-0.39, 0.29) is 18.7 Å². The van der Waals surface area contributed by atoms with Gasteiger partial charge in [0.1, 0.15) is 5.75 Å². The first-order valence-corrected chi connectivity index (χ1v) is 7.26. The Labute approximate surface area is 121 Å². The van der Waals surface area contributed by atoms with Gasteiger partial charge in [-0.1, -0.05) is 25.5 Å². The maximum absolute atomic E-state index is 10.6. The molecule has 0 saturated carbocycles. The van der Waals surface area contributed by atoms with Gasteiger partial charge in [-0.15, -0.1) is 0 Å². The zero-order chi connectivity index (χ0) is 15.1. The molecule has 0 heterocycles. The highest BCUT2D eigenvalue weighted by Gasteiger charge is 2.24. The molecule has 3 atom stereocenters. The summed E-state index contributed by atoms with van der Waals surface area (Å²) in [5.41, 5.74) is 1.88. The fourth-order valence-electron chi connectivity index (χ4n) is 2.34. The Hall–Kier alpha value is -1.10. The van der Waals surface area contributed by atoms with Crippen molar-refractivity contribution >= 4 is 0 Å². The van der Waals surface area contributed by atoms with Crippen LogP contribution in [0.4, 0.5) is 0 Å². The van der Waals surface area contributed by atoms with E-state index in [1.54, 1.807) is 7.11 Å². The quantitative estimate of drug-likeness (QED) is 0.683. The van der Waals surface area contributed by atoms with Crippen molar-refractivity contribution in [2.24, 2.45) is 0 Å². The molecule has 0 fully saturated rings. The van der Waals surface area contributed by atoms with Gasteiger partial charge in [0.25, 0.3) is 0 Å². The van der Waals surface area contributed by atoms with Crippen molar-refractivity contribution in [1.82, 2.24) is 5.32 Å². The number of ether oxygens (including phenoxy) is 1. The number of nitrogens with one attached hydrogen (secondary N) is 1. The van der Waals surface area contributed by atoms with E-state index >= 15 is 0 Å². The number of hydrogen-bond acceptors (Lipinski definition) is 4. The van der Waals surface area contributed by atoms with Gasteiger partial charge in [0.2, 0.25) is 0 Å². The van der Waals surface area contributed by atoms with Crippen molar-refractivity contribution in [1.29, 1.82) is 0 Å². The Bertz CT molecular complexity index is 405. The Morgan fingerprint density at radius 3 is 2.45 bits per heavy atom. The third-order valence-electron chi connectivity index (χ3n) is 3.69. The van der Waals surface area contributed by atoms with E-state index in [0.29, 0.717) is 5.75 Å². The zero-order valence-electron chi connectivity index (χ0n) is 12.9. The minimum absolute atomic E-state index is 0.00500. The average Bonchev–Trinajstić information content (AvgIpc) is 2.48. The molecule has 1 aromatic rings. The number of aryl methyl sites for hydroxylation is 1. The van der Waals surface area contributed by atoms with Crippen molar-refractivity contribution in [2.75, 3.05) is 13.7 Å². The van der Waals surface area contributed by atoms with Gasteiger partial charge in [-0.2, -0.15) is 0 Å². The van der Waals surface area contributed by atoms with E-state index in [9.17, 15) is 10.2 Å². The summed E-state index contributed by atoms with van der Waals surface area (Å²) in [6.07, 6.45) is 0.940. The van der Waals surface area contributed by atoms with E-state index < -0.39 is 6.10 Å². The lowest BCUT2D eigenvalue weighted by Crippen LogP contribution is -2.43. The summed E-state index contributed by atoms with van der Waals surface area (Å²) < 4.78 is 5.34. The van der Waals surface area contributed by atoms with Gasteiger partial charge in [0.15, 0.2) is 0 Å². The molecule has 0 aliphatic heterocycles. The summed E-state index contributed by atoms with van der Waals surface area (Å²) in [4.78, 5) is 0. The average molecular weight is 281 g/mol. The minimum atomic E-state index is -0.657. The van der Waals surface area contributed by atoms with Gasteiger partial charge in [0.05, 0.1) is 19.8 Å². The van der Waals surface area contributed by atoms with Crippen LogP contribution in [0.5, 0.6) is 5.75 Å². The van der Waals surface area contributed by atoms with Gasteiger partial charge in [-0.25, -0.2) is 0 Å². The number of aliphatic hydroxyl groups is 2. The number of aliphatic hydroxyl groups excluding tert-OH is 2. The predicted octanol–water partition coefficient (Wildman–Crippen LogP) is 2.18. The summed E-state index contributed by atoms with van der Waals surface area (Å²) in [5.74, 6) is 0.695.